The summed E-state index contributed by atoms with van der Waals surface area (Å²) in [4.78, 5) is 66.7. The Labute approximate surface area is 244 Å². The standard InChI is InChI=1S/2C10H12O5.2Ca/c2*1-2-6(11)9-7(12)3-5(10(14)15)4-8(9)13;;/h2*5,11H,2-4H2,1H3,(H,14,15);;/q;;;+2/p-2. The number of hydrogen-bond donors (Lipinski definition) is 2. The first-order valence-corrected chi connectivity index (χ1v) is 9.33. The first-order chi connectivity index (χ1) is 13.9. The van der Waals surface area contributed by atoms with Crippen LogP contribution < -0.4 is 10.2 Å². The molecule has 0 aromatic carbocycles. The van der Waals surface area contributed by atoms with Crippen LogP contribution >= 0.6 is 0 Å². The Balaban J connectivity index is 0. The molecule has 0 unspecified atom stereocenters. The van der Waals surface area contributed by atoms with Crippen molar-refractivity contribution in [1.29, 1.82) is 0 Å². The summed E-state index contributed by atoms with van der Waals surface area (Å²) in [7, 11) is 0. The zero-order chi connectivity index (χ0) is 23.2. The van der Waals surface area contributed by atoms with Crippen molar-refractivity contribution < 1.29 is 49.2 Å². The van der Waals surface area contributed by atoms with E-state index in [-0.39, 0.29) is 125 Å². The van der Waals surface area contributed by atoms with Gasteiger partial charge in [-0.3, -0.25) is 28.8 Å². The molecule has 2 fully saturated rings. The number of carboxylic acid groups (broad SMARTS) is 2. The molecule has 0 bridgehead atoms. The summed E-state index contributed by atoms with van der Waals surface area (Å²) in [5.74, 6) is -7.80. The minimum Gasteiger partial charge on any atom is -0.875 e. The molecule has 2 aliphatic carbocycles. The minimum absolute atomic E-state index is 0. The molecule has 0 atom stereocenters. The van der Waals surface area contributed by atoms with E-state index < -0.39 is 58.4 Å². The van der Waals surface area contributed by atoms with Crippen molar-refractivity contribution >= 4 is 111 Å². The van der Waals surface area contributed by atoms with Crippen LogP contribution in [0.15, 0.2) is 22.7 Å². The summed E-state index contributed by atoms with van der Waals surface area (Å²) in [5, 5.41) is 39.8. The molecule has 12 heteroatoms. The SMILES string of the molecule is CCC([O-])=C1C(=O)CC(C(=O)O)CC1=O.CCC([O-])=C1C(=O)CC(C(=O)O)CC1=O.[Ca+2].[Ca]. The number of carboxylic acids is 2. The summed E-state index contributed by atoms with van der Waals surface area (Å²) in [6, 6.07) is 0. The molecule has 10 nitrogen and oxygen atoms in total. The van der Waals surface area contributed by atoms with Crippen molar-refractivity contribution in [1.82, 2.24) is 0 Å². The van der Waals surface area contributed by atoms with Crippen molar-refractivity contribution in [2.75, 3.05) is 0 Å². The van der Waals surface area contributed by atoms with Gasteiger partial charge in [0, 0.05) is 74.6 Å². The molecule has 2 radical (unpaired) electrons. The Hall–Kier alpha value is -0.781. The Bertz CT molecular complexity index is 746. The average molecular weight is 503 g/mol. The van der Waals surface area contributed by atoms with Gasteiger partial charge in [0.1, 0.15) is 0 Å². The summed E-state index contributed by atoms with van der Waals surface area (Å²) < 4.78 is 0. The zero-order valence-corrected chi connectivity index (χ0v) is 22.4. The summed E-state index contributed by atoms with van der Waals surface area (Å²) in [5.41, 5.74) is -0.648. The van der Waals surface area contributed by atoms with E-state index in [0.29, 0.717) is 0 Å². The van der Waals surface area contributed by atoms with Crippen molar-refractivity contribution in [2.45, 2.75) is 52.4 Å². The summed E-state index contributed by atoms with van der Waals surface area (Å²) in [6.07, 6.45) is -0.816. The molecule has 0 heterocycles. The molecular weight excluding hydrogens is 480 g/mol. The predicted molar refractivity (Wildman–Crippen MR) is 107 cm³/mol. The van der Waals surface area contributed by atoms with E-state index in [4.69, 9.17) is 10.2 Å². The van der Waals surface area contributed by atoms with Crippen molar-refractivity contribution in [3.63, 3.8) is 0 Å². The molecule has 2 N–H and O–H groups in total. The van der Waals surface area contributed by atoms with Crippen LogP contribution in [0.2, 0.25) is 0 Å². The maximum Gasteiger partial charge on any atom is 2.00 e. The van der Waals surface area contributed by atoms with Gasteiger partial charge in [0.05, 0.1) is 11.8 Å². The Morgan fingerprint density at radius 1 is 0.719 bits per heavy atom. The van der Waals surface area contributed by atoms with Crippen LogP contribution in [0, 0.1) is 11.8 Å². The fraction of sp³-hybridized carbons (Fsp3) is 0.500. The molecule has 166 valence electrons. The molecule has 0 aromatic heterocycles. The second-order valence-electron chi connectivity index (χ2n) is 6.88. The number of allylic oxidation sites excluding steroid dienone is 4. The van der Waals surface area contributed by atoms with E-state index in [0.717, 1.165) is 0 Å². The third kappa shape index (κ3) is 8.87. The molecule has 32 heavy (non-hydrogen) atoms. The topological polar surface area (TPSA) is 189 Å². The number of aliphatic carboxylic acids is 2. The largest absolute Gasteiger partial charge is 2.00 e. The number of ketones is 4. The van der Waals surface area contributed by atoms with Crippen LogP contribution in [-0.4, -0.2) is 121 Å². The van der Waals surface area contributed by atoms with E-state index in [2.05, 4.69) is 0 Å². The van der Waals surface area contributed by atoms with Crippen molar-refractivity contribution in [3.05, 3.63) is 22.7 Å². The van der Waals surface area contributed by atoms with Crippen LogP contribution in [0.25, 0.3) is 0 Å². The average Bonchev–Trinajstić information content (AvgIpc) is 2.66. The molecule has 0 saturated heterocycles. The van der Waals surface area contributed by atoms with Gasteiger partial charge in [-0.2, -0.15) is 0 Å². The van der Waals surface area contributed by atoms with E-state index in [1.165, 1.54) is 0 Å². The van der Waals surface area contributed by atoms with Crippen molar-refractivity contribution in [3.8, 4) is 0 Å². The van der Waals surface area contributed by atoms with Crippen LogP contribution in [-0.2, 0) is 28.8 Å². The molecular formula is C20H22Ca2O10. The number of carbonyl (C=O) groups is 6. The first-order valence-electron chi connectivity index (χ1n) is 9.33. The van der Waals surface area contributed by atoms with Crippen LogP contribution in [0.1, 0.15) is 52.4 Å². The third-order valence-electron chi connectivity index (χ3n) is 4.74. The zero-order valence-electron chi connectivity index (χ0n) is 18.0. The molecule has 2 rings (SSSR count). The summed E-state index contributed by atoms with van der Waals surface area (Å²) >= 11 is 0. The van der Waals surface area contributed by atoms with Gasteiger partial charge in [-0.05, 0) is 12.8 Å². The first kappa shape index (κ1) is 33.4. The molecule has 2 saturated carbocycles. The van der Waals surface area contributed by atoms with Gasteiger partial charge in [0.2, 0.25) is 0 Å². The predicted octanol–water partition coefficient (Wildman–Crippen LogP) is -1.47. The minimum atomic E-state index is -1.17. The fourth-order valence-electron chi connectivity index (χ4n) is 3.08. The Morgan fingerprint density at radius 2 is 0.938 bits per heavy atom. The van der Waals surface area contributed by atoms with E-state index in [1.54, 1.807) is 13.8 Å². The van der Waals surface area contributed by atoms with Crippen LogP contribution in [0.4, 0.5) is 0 Å². The molecule has 0 aromatic rings. The normalized spacial score (nSPS) is 20.3. The van der Waals surface area contributed by atoms with Gasteiger partial charge in [-0.25, -0.2) is 0 Å². The van der Waals surface area contributed by atoms with Crippen molar-refractivity contribution in [2.24, 2.45) is 11.8 Å². The van der Waals surface area contributed by atoms with Crippen LogP contribution in [0.3, 0.4) is 0 Å². The van der Waals surface area contributed by atoms with Crippen LogP contribution in [0.5, 0.6) is 0 Å². The molecule has 0 amide bonds. The van der Waals surface area contributed by atoms with Gasteiger partial charge in [0.25, 0.3) is 0 Å². The van der Waals surface area contributed by atoms with E-state index in [9.17, 15) is 39.0 Å². The fourth-order valence-corrected chi connectivity index (χ4v) is 3.08. The Kier molecular flexibility index (Phi) is 15.8. The summed E-state index contributed by atoms with van der Waals surface area (Å²) in [6.45, 7) is 3.11. The quantitative estimate of drug-likeness (QED) is 0.199. The third-order valence-corrected chi connectivity index (χ3v) is 4.74. The molecule has 2 aliphatic rings. The number of carbonyl (C=O) groups excluding carboxylic acids is 4. The van der Waals surface area contributed by atoms with Gasteiger partial charge >= 0.3 is 49.7 Å². The smallest absolute Gasteiger partial charge is 0.875 e. The van der Waals surface area contributed by atoms with Gasteiger partial charge < -0.3 is 20.4 Å². The second-order valence-corrected chi connectivity index (χ2v) is 6.88. The van der Waals surface area contributed by atoms with Gasteiger partial charge in [0.15, 0.2) is 23.1 Å². The number of hydrogen-bond acceptors (Lipinski definition) is 8. The van der Waals surface area contributed by atoms with Gasteiger partial charge in [-0.15, -0.1) is 11.5 Å². The molecule has 0 aliphatic heterocycles. The maximum atomic E-state index is 11.4. The maximum absolute atomic E-state index is 11.4. The number of Topliss-reactive ketones (excluding diaryl/α,β-unsaturated/α-hetero) is 4. The van der Waals surface area contributed by atoms with E-state index in [1.807, 2.05) is 0 Å². The second kappa shape index (κ2) is 15.2. The van der Waals surface area contributed by atoms with E-state index >= 15 is 0 Å². The Morgan fingerprint density at radius 3 is 1.09 bits per heavy atom. The number of rotatable bonds is 4. The monoisotopic (exact) mass is 502 g/mol. The van der Waals surface area contributed by atoms with Gasteiger partial charge in [-0.1, -0.05) is 13.8 Å². The molecule has 0 spiro atoms.